The van der Waals surface area contributed by atoms with Crippen molar-refractivity contribution >= 4 is 45.9 Å². The molecule has 51 heavy (non-hydrogen) atoms. The summed E-state index contributed by atoms with van der Waals surface area (Å²) in [5.74, 6) is 0. The maximum absolute atomic E-state index is 5.75. The standard InChI is InChI=1S/C48H40N2Si/c1-48-32-18-17-29-46(48)50(39-23-11-4-12-24-39)45-31-30-42(35-43(45)48)51(40-25-13-5-14-26-40,41-27-15-6-16-28-41)47-34-38(36-19-7-2-8-20-36)33-44(49-47)37-21-9-3-10-22-37/h2,4-9,11-35,46H,3,10H2,1H3. The van der Waals surface area contributed by atoms with E-state index in [2.05, 4.69) is 206 Å². The van der Waals surface area contributed by atoms with Crippen LogP contribution in [-0.4, -0.2) is 19.1 Å². The van der Waals surface area contributed by atoms with Gasteiger partial charge in [-0.1, -0.05) is 164 Å². The minimum atomic E-state index is -3.02. The van der Waals surface area contributed by atoms with Crippen molar-refractivity contribution in [2.45, 2.75) is 31.2 Å². The van der Waals surface area contributed by atoms with Crippen molar-refractivity contribution in [3.63, 3.8) is 0 Å². The minimum Gasteiger partial charge on any atom is -0.333 e. The zero-order valence-electron chi connectivity index (χ0n) is 28.9. The summed E-state index contributed by atoms with van der Waals surface area (Å²) < 4.78 is 0. The highest BCUT2D eigenvalue weighted by Crippen LogP contribution is 2.51. The first-order chi connectivity index (χ1) is 25.2. The van der Waals surface area contributed by atoms with Crippen LogP contribution in [-0.2, 0) is 5.41 Å². The molecule has 0 fully saturated rings. The number of benzene rings is 5. The van der Waals surface area contributed by atoms with Crippen LogP contribution in [0.2, 0.25) is 0 Å². The van der Waals surface area contributed by atoms with Crippen molar-refractivity contribution in [1.29, 1.82) is 0 Å². The van der Waals surface area contributed by atoms with E-state index in [1.54, 1.807) is 0 Å². The van der Waals surface area contributed by atoms with Gasteiger partial charge >= 0.3 is 0 Å². The van der Waals surface area contributed by atoms with Crippen LogP contribution in [0.3, 0.4) is 0 Å². The van der Waals surface area contributed by atoms with Gasteiger partial charge in [0.25, 0.3) is 0 Å². The van der Waals surface area contributed by atoms with E-state index < -0.39 is 8.07 Å². The number of hydrogen-bond acceptors (Lipinski definition) is 2. The molecule has 5 aromatic carbocycles. The van der Waals surface area contributed by atoms with Gasteiger partial charge in [-0.2, -0.15) is 0 Å². The number of aromatic nitrogens is 1. The Morgan fingerprint density at radius 1 is 0.647 bits per heavy atom. The van der Waals surface area contributed by atoms with Crippen molar-refractivity contribution in [2.75, 3.05) is 4.90 Å². The largest absolute Gasteiger partial charge is 0.333 e. The fourth-order valence-corrected chi connectivity index (χ4v) is 13.2. The zero-order chi connectivity index (χ0) is 34.3. The Morgan fingerprint density at radius 3 is 1.98 bits per heavy atom. The summed E-state index contributed by atoms with van der Waals surface area (Å²) in [7, 11) is -3.02. The number of rotatable bonds is 7. The normalized spacial score (nSPS) is 19.0. The smallest absolute Gasteiger partial charge is 0.201 e. The molecule has 0 amide bonds. The molecule has 3 heteroatoms. The third-order valence-corrected chi connectivity index (χ3v) is 15.7. The van der Waals surface area contributed by atoms with E-state index in [9.17, 15) is 0 Å². The third kappa shape index (κ3) is 5.19. The molecule has 0 bridgehead atoms. The number of fused-ring (bicyclic) bond motifs is 3. The van der Waals surface area contributed by atoms with E-state index in [0.717, 1.165) is 23.9 Å². The number of pyridine rings is 1. The lowest BCUT2D eigenvalue weighted by Gasteiger charge is -2.35. The van der Waals surface area contributed by atoms with Crippen LogP contribution in [0.15, 0.2) is 194 Å². The Hall–Kier alpha value is -5.77. The van der Waals surface area contributed by atoms with E-state index in [0.29, 0.717) is 0 Å². The van der Waals surface area contributed by atoms with Gasteiger partial charge in [0.1, 0.15) is 0 Å². The van der Waals surface area contributed by atoms with Crippen molar-refractivity contribution in [1.82, 2.24) is 4.98 Å². The third-order valence-electron chi connectivity index (χ3n) is 11.1. The van der Waals surface area contributed by atoms with Crippen molar-refractivity contribution < 1.29 is 0 Å². The predicted octanol–water partition coefficient (Wildman–Crippen LogP) is 8.76. The first kappa shape index (κ1) is 31.2. The molecule has 0 radical (unpaired) electrons. The lowest BCUT2D eigenvalue weighted by Crippen LogP contribution is -2.75. The lowest BCUT2D eigenvalue weighted by molar-refractivity contribution is 0.551. The average Bonchev–Trinajstić information content (AvgIpc) is 3.48. The predicted molar refractivity (Wildman–Crippen MR) is 218 cm³/mol. The zero-order valence-corrected chi connectivity index (χ0v) is 29.9. The minimum absolute atomic E-state index is 0.177. The molecule has 0 saturated heterocycles. The first-order valence-electron chi connectivity index (χ1n) is 18.1. The molecular weight excluding hydrogens is 633 g/mol. The van der Waals surface area contributed by atoms with Crippen LogP contribution in [0.25, 0.3) is 16.7 Å². The maximum atomic E-state index is 5.75. The lowest BCUT2D eigenvalue weighted by atomic mass is 9.76. The van der Waals surface area contributed by atoms with E-state index >= 15 is 0 Å². The summed E-state index contributed by atoms with van der Waals surface area (Å²) in [5, 5.41) is 5.14. The van der Waals surface area contributed by atoms with Crippen LogP contribution in [0, 0.1) is 0 Å². The molecule has 1 aliphatic heterocycles. The molecule has 9 rings (SSSR count). The summed E-state index contributed by atoms with van der Waals surface area (Å²) >= 11 is 0. The second-order valence-corrected chi connectivity index (χ2v) is 17.8. The van der Waals surface area contributed by atoms with Gasteiger partial charge in [-0.05, 0) is 87.9 Å². The van der Waals surface area contributed by atoms with Crippen LogP contribution in [0.1, 0.15) is 31.0 Å². The Balaban J connectivity index is 1.37. The molecule has 0 spiro atoms. The second-order valence-electron chi connectivity index (χ2n) is 14.0. The molecule has 3 aliphatic rings. The molecule has 2 atom stereocenters. The van der Waals surface area contributed by atoms with Crippen molar-refractivity contribution in [3.05, 3.63) is 205 Å². The van der Waals surface area contributed by atoms with Crippen LogP contribution < -0.4 is 25.8 Å². The molecule has 6 aromatic rings. The average molecular weight is 673 g/mol. The first-order valence-corrected chi connectivity index (χ1v) is 20.1. The quantitative estimate of drug-likeness (QED) is 0.125. The van der Waals surface area contributed by atoms with Gasteiger partial charge in [0.05, 0.1) is 11.7 Å². The topological polar surface area (TPSA) is 16.1 Å². The number of hydrogen-bond donors (Lipinski definition) is 0. The highest BCUT2D eigenvalue weighted by atomic mass is 28.3. The Morgan fingerprint density at radius 2 is 1.31 bits per heavy atom. The van der Waals surface area contributed by atoms with E-state index in [-0.39, 0.29) is 11.5 Å². The molecule has 2 unspecified atom stereocenters. The SMILES string of the molecule is CC12C=CC=CC1N(c1ccccc1)c1ccc([Si](c3ccccc3)(c3ccccc3)c3cc(-c4ccccc4)cc(C4=CCCC=C4)n3)cc12. The molecular formula is C48H40N2Si. The van der Waals surface area contributed by atoms with E-state index in [1.165, 1.54) is 49.2 Å². The number of nitrogens with zero attached hydrogens (tertiary/aromatic N) is 2. The Kier molecular flexibility index (Phi) is 7.86. The summed E-state index contributed by atoms with van der Waals surface area (Å²) in [6.45, 7) is 2.41. The summed E-state index contributed by atoms with van der Waals surface area (Å²) in [4.78, 5) is 8.28. The van der Waals surface area contributed by atoms with Crippen LogP contribution in [0.4, 0.5) is 11.4 Å². The number of allylic oxidation sites excluding steroid dienone is 6. The van der Waals surface area contributed by atoms with Gasteiger partial charge in [0.15, 0.2) is 0 Å². The van der Waals surface area contributed by atoms with Crippen LogP contribution >= 0.6 is 0 Å². The van der Waals surface area contributed by atoms with Gasteiger partial charge in [-0.3, -0.25) is 4.98 Å². The second kappa shape index (κ2) is 12.8. The van der Waals surface area contributed by atoms with E-state index in [4.69, 9.17) is 4.98 Å². The van der Waals surface area contributed by atoms with E-state index in [1.807, 2.05) is 0 Å². The molecule has 0 saturated carbocycles. The summed E-state index contributed by atoms with van der Waals surface area (Å²) in [6, 6.07) is 56.3. The fourth-order valence-electron chi connectivity index (χ4n) is 8.57. The van der Waals surface area contributed by atoms with Gasteiger partial charge < -0.3 is 4.90 Å². The maximum Gasteiger partial charge on any atom is 0.201 e. The monoisotopic (exact) mass is 672 g/mol. The molecule has 0 N–H and O–H groups in total. The fraction of sp³-hybridized carbons (Fsp3) is 0.104. The summed E-state index contributed by atoms with van der Waals surface area (Å²) in [6.07, 6.45) is 18.2. The Bertz CT molecular complexity index is 2280. The van der Waals surface area contributed by atoms with Crippen LogP contribution in [0.5, 0.6) is 0 Å². The highest BCUT2D eigenvalue weighted by Gasteiger charge is 2.49. The van der Waals surface area contributed by atoms with Crippen molar-refractivity contribution in [3.8, 4) is 11.1 Å². The van der Waals surface area contributed by atoms with Crippen molar-refractivity contribution in [2.24, 2.45) is 0 Å². The van der Waals surface area contributed by atoms with Gasteiger partial charge in [-0.15, -0.1) is 0 Å². The summed E-state index contributed by atoms with van der Waals surface area (Å²) in [5.41, 5.74) is 8.27. The molecule has 2 aliphatic carbocycles. The highest BCUT2D eigenvalue weighted by molar-refractivity contribution is 7.19. The molecule has 2 nitrogen and oxygen atoms in total. The number of anilines is 2. The Labute approximate surface area is 302 Å². The molecule has 2 heterocycles. The van der Waals surface area contributed by atoms with Gasteiger partial charge in [0.2, 0.25) is 8.07 Å². The van der Waals surface area contributed by atoms with Gasteiger partial charge in [0, 0.05) is 22.1 Å². The molecule has 1 aromatic heterocycles. The molecule has 246 valence electrons. The van der Waals surface area contributed by atoms with Gasteiger partial charge in [-0.25, -0.2) is 0 Å². The number of para-hydroxylation sites is 1.